The second-order valence-corrected chi connectivity index (χ2v) is 6.12. The molecular formula is C17H23N5O2. The van der Waals surface area contributed by atoms with Crippen LogP contribution < -0.4 is 16.0 Å². The van der Waals surface area contributed by atoms with E-state index in [1.54, 1.807) is 12.3 Å². The Morgan fingerprint density at radius 1 is 1.50 bits per heavy atom. The molecule has 0 unspecified atom stereocenters. The lowest BCUT2D eigenvalue weighted by Gasteiger charge is -2.16. The quantitative estimate of drug-likeness (QED) is 0.833. The Balaban J connectivity index is 1.54. The molecule has 0 saturated carbocycles. The molecule has 1 atom stereocenters. The van der Waals surface area contributed by atoms with Crippen molar-refractivity contribution in [3.05, 3.63) is 41.4 Å². The number of anilines is 1. The Labute approximate surface area is 141 Å². The highest BCUT2D eigenvalue weighted by molar-refractivity contribution is 5.93. The molecule has 0 aromatic carbocycles. The number of carbonyl (C=O) groups is 1. The number of aromatic nitrogens is 2. The average Bonchev–Trinajstić information content (AvgIpc) is 3.22. The zero-order valence-electron chi connectivity index (χ0n) is 13.9. The van der Waals surface area contributed by atoms with Crippen LogP contribution in [0.2, 0.25) is 0 Å². The first-order valence-electron chi connectivity index (χ1n) is 8.35. The number of hydrogen-bond donors (Lipinski definition) is 2. The largest absolute Gasteiger partial charge is 0.359 e. The lowest BCUT2D eigenvalue weighted by Crippen LogP contribution is -2.27. The Hall–Kier alpha value is -2.41. The van der Waals surface area contributed by atoms with Crippen molar-refractivity contribution in [2.45, 2.75) is 38.8 Å². The fourth-order valence-corrected chi connectivity index (χ4v) is 2.79. The fourth-order valence-electron chi connectivity index (χ4n) is 2.79. The number of nitrogens with two attached hydrogens (primary N) is 1. The van der Waals surface area contributed by atoms with E-state index in [9.17, 15) is 4.79 Å². The highest BCUT2D eigenvalue weighted by Gasteiger charge is 2.20. The van der Waals surface area contributed by atoms with Gasteiger partial charge in [0.1, 0.15) is 5.82 Å². The van der Waals surface area contributed by atoms with E-state index < -0.39 is 0 Å². The van der Waals surface area contributed by atoms with E-state index in [0.29, 0.717) is 17.9 Å². The van der Waals surface area contributed by atoms with E-state index in [1.807, 2.05) is 12.1 Å². The van der Waals surface area contributed by atoms with Crippen molar-refractivity contribution < 1.29 is 9.32 Å². The normalized spacial score (nSPS) is 17.2. The predicted octanol–water partition coefficient (Wildman–Crippen LogP) is 1.49. The van der Waals surface area contributed by atoms with Gasteiger partial charge in [-0.15, -0.1) is 0 Å². The highest BCUT2D eigenvalue weighted by atomic mass is 16.5. The molecule has 1 saturated heterocycles. The van der Waals surface area contributed by atoms with Crippen LogP contribution in [0.3, 0.4) is 0 Å². The first-order valence-corrected chi connectivity index (χ1v) is 8.35. The van der Waals surface area contributed by atoms with Crippen LogP contribution >= 0.6 is 0 Å². The van der Waals surface area contributed by atoms with Crippen molar-refractivity contribution in [3.8, 4) is 0 Å². The summed E-state index contributed by atoms with van der Waals surface area (Å²) >= 11 is 0. The highest BCUT2D eigenvalue weighted by Crippen LogP contribution is 2.17. The number of rotatable bonds is 6. The van der Waals surface area contributed by atoms with Crippen LogP contribution in [-0.2, 0) is 13.0 Å². The van der Waals surface area contributed by atoms with Crippen molar-refractivity contribution in [1.29, 1.82) is 0 Å². The van der Waals surface area contributed by atoms with Gasteiger partial charge in [0, 0.05) is 31.4 Å². The molecule has 2 aromatic rings. The summed E-state index contributed by atoms with van der Waals surface area (Å²) in [6, 6.07) is 5.72. The van der Waals surface area contributed by atoms with Crippen LogP contribution in [-0.4, -0.2) is 35.2 Å². The van der Waals surface area contributed by atoms with Crippen LogP contribution in [0.5, 0.6) is 0 Å². The Morgan fingerprint density at radius 2 is 2.38 bits per heavy atom. The molecule has 1 aliphatic heterocycles. The van der Waals surface area contributed by atoms with Gasteiger partial charge in [-0.3, -0.25) is 4.79 Å². The zero-order chi connectivity index (χ0) is 16.9. The SMILES string of the molecule is CCCc1cc(CNC(=O)c2ccc(N3CC[C@H](N)C3)nc2)on1. The van der Waals surface area contributed by atoms with Crippen molar-refractivity contribution in [3.63, 3.8) is 0 Å². The van der Waals surface area contributed by atoms with Crippen LogP contribution in [0.15, 0.2) is 28.9 Å². The molecule has 3 heterocycles. The molecule has 128 valence electrons. The lowest BCUT2D eigenvalue weighted by molar-refractivity contribution is 0.0946. The summed E-state index contributed by atoms with van der Waals surface area (Å²) in [6.07, 6.45) is 4.46. The van der Waals surface area contributed by atoms with Gasteiger partial charge in [-0.1, -0.05) is 18.5 Å². The summed E-state index contributed by atoms with van der Waals surface area (Å²) in [5.74, 6) is 1.34. The number of aryl methyl sites for hydroxylation is 1. The van der Waals surface area contributed by atoms with Crippen LogP contribution in [0, 0.1) is 0 Å². The van der Waals surface area contributed by atoms with E-state index in [1.165, 1.54) is 0 Å². The molecule has 1 fully saturated rings. The van der Waals surface area contributed by atoms with Crippen LogP contribution in [0.1, 0.15) is 41.6 Å². The summed E-state index contributed by atoms with van der Waals surface area (Å²) in [6.45, 7) is 4.12. The third-order valence-corrected chi connectivity index (χ3v) is 4.10. The predicted molar refractivity (Wildman–Crippen MR) is 90.7 cm³/mol. The monoisotopic (exact) mass is 329 g/mol. The molecule has 1 aliphatic rings. The Kier molecular flexibility index (Phi) is 5.10. The summed E-state index contributed by atoms with van der Waals surface area (Å²) in [7, 11) is 0. The van der Waals surface area contributed by atoms with Crippen LogP contribution in [0.4, 0.5) is 5.82 Å². The minimum Gasteiger partial charge on any atom is -0.359 e. The summed E-state index contributed by atoms with van der Waals surface area (Å²) in [5, 5.41) is 6.78. The number of carbonyl (C=O) groups excluding carboxylic acids is 1. The van der Waals surface area contributed by atoms with Crippen molar-refractivity contribution in [1.82, 2.24) is 15.5 Å². The molecule has 0 aliphatic carbocycles. The molecule has 0 spiro atoms. The summed E-state index contributed by atoms with van der Waals surface area (Å²) in [4.78, 5) is 18.7. The van der Waals surface area contributed by atoms with Crippen molar-refractivity contribution in [2.24, 2.45) is 5.73 Å². The minimum atomic E-state index is -0.180. The number of nitrogens with zero attached hydrogens (tertiary/aromatic N) is 3. The summed E-state index contributed by atoms with van der Waals surface area (Å²) in [5.41, 5.74) is 7.35. The molecule has 0 radical (unpaired) electrons. The van der Waals surface area contributed by atoms with E-state index in [-0.39, 0.29) is 11.9 Å². The summed E-state index contributed by atoms with van der Waals surface area (Å²) < 4.78 is 5.20. The molecule has 7 nitrogen and oxygen atoms in total. The molecule has 2 aromatic heterocycles. The fraction of sp³-hybridized carbons (Fsp3) is 0.471. The van der Waals surface area contributed by atoms with Gasteiger partial charge in [0.25, 0.3) is 5.91 Å². The van der Waals surface area contributed by atoms with Crippen molar-refractivity contribution in [2.75, 3.05) is 18.0 Å². The maximum Gasteiger partial charge on any atom is 0.253 e. The maximum atomic E-state index is 12.2. The van der Waals surface area contributed by atoms with Crippen molar-refractivity contribution >= 4 is 11.7 Å². The van der Waals surface area contributed by atoms with Gasteiger partial charge in [0.05, 0.1) is 17.8 Å². The van der Waals surface area contributed by atoms with E-state index in [4.69, 9.17) is 10.3 Å². The van der Waals surface area contributed by atoms with Gasteiger partial charge in [-0.2, -0.15) is 0 Å². The average molecular weight is 329 g/mol. The molecule has 1 amide bonds. The Bertz CT molecular complexity index is 683. The first-order chi connectivity index (χ1) is 11.7. The molecule has 0 bridgehead atoms. The van der Waals surface area contributed by atoms with E-state index in [2.05, 4.69) is 27.3 Å². The van der Waals surface area contributed by atoms with E-state index >= 15 is 0 Å². The van der Waals surface area contributed by atoms with Gasteiger partial charge in [0.2, 0.25) is 0 Å². The number of nitrogens with one attached hydrogen (secondary N) is 1. The third kappa shape index (κ3) is 3.91. The number of pyridine rings is 1. The maximum absolute atomic E-state index is 12.2. The van der Waals surface area contributed by atoms with Gasteiger partial charge in [0.15, 0.2) is 5.76 Å². The van der Waals surface area contributed by atoms with Crippen LogP contribution in [0.25, 0.3) is 0 Å². The minimum absolute atomic E-state index is 0.180. The second kappa shape index (κ2) is 7.44. The van der Waals surface area contributed by atoms with Gasteiger partial charge < -0.3 is 20.5 Å². The smallest absolute Gasteiger partial charge is 0.253 e. The van der Waals surface area contributed by atoms with E-state index in [0.717, 1.165) is 43.9 Å². The Morgan fingerprint density at radius 3 is 3.04 bits per heavy atom. The third-order valence-electron chi connectivity index (χ3n) is 4.10. The zero-order valence-corrected chi connectivity index (χ0v) is 13.9. The molecule has 3 N–H and O–H groups in total. The molecule has 24 heavy (non-hydrogen) atoms. The topological polar surface area (TPSA) is 97.3 Å². The second-order valence-electron chi connectivity index (χ2n) is 6.12. The van der Waals surface area contributed by atoms with Gasteiger partial charge >= 0.3 is 0 Å². The molecular weight excluding hydrogens is 306 g/mol. The molecule has 7 heteroatoms. The lowest BCUT2D eigenvalue weighted by atomic mass is 10.2. The van der Waals surface area contributed by atoms with Gasteiger partial charge in [-0.25, -0.2) is 4.98 Å². The number of hydrogen-bond acceptors (Lipinski definition) is 6. The first kappa shape index (κ1) is 16.4. The number of amides is 1. The van der Waals surface area contributed by atoms with Gasteiger partial charge in [-0.05, 0) is 25.0 Å². The molecule has 3 rings (SSSR count). The standard InChI is InChI=1S/C17H23N5O2/c1-2-3-14-8-15(24-21-14)10-20-17(23)12-4-5-16(19-9-12)22-7-6-13(18)11-22/h4-5,8-9,13H,2-3,6-7,10-11,18H2,1H3,(H,20,23)/t13-/m0/s1.